The average molecular weight is 947 g/mol. The Morgan fingerprint density at radius 1 is 0.652 bits per heavy atom. The fraction of sp³-hybridized carbons (Fsp3) is 0.544. The van der Waals surface area contributed by atoms with Crippen LogP contribution >= 0.6 is 0 Å². The van der Waals surface area contributed by atoms with Gasteiger partial charge in [-0.3, -0.25) is 9.59 Å². The molecule has 2 amide bonds. The Kier molecular flexibility index (Phi) is 27.1. The number of anilines is 2. The van der Waals surface area contributed by atoms with Crippen molar-refractivity contribution in [3.05, 3.63) is 130 Å². The van der Waals surface area contributed by atoms with Gasteiger partial charge in [-0.15, -0.1) is 0 Å². The van der Waals surface area contributed by atoms with E-state index in [0.717, 1.165) is 88.1 Å². The number of carbonyl (C=O) groups is 2. The third kappa shape index (κ3) is 20.6. The van der Waals surface area contributed by atoms with Crippen LogP contribution in [0.4, 0.5) is 11.4 Å². The van der Waals surface area contributed by atoms with Gasteiger partial charge in [0.2, 0.25) is 0 Å². The van der Waals surface area contributed by atoms with Gasteiger partial charge in [0.05, 0.1) is 0 Å². The summed E-state index contributed by atoms with van der Waals surface area (Å²) in [6.45, 7) is 19.6. The number of rotatable bonds is 16. The van der Waals surface area contributed by atoms with E-state index in [0.29, 0.717) is 25.9 Å². The van der Waals surface area contributed by atoms with Crippen LogP contribution in [0.2, 0.25) is 0 Å². The van der Waals surface area contributed by atoms with E-state index in [2.05, 4.69) is 110 Å². The second-order valence-corrected chi connectivity index (χ2v) is 18.5. The highest BCUT2D eigenvalue weighted by atomic mass is 16.2. The Hall–Kier alpha value is -5.46. The Labute approximate surface area is 417 Å². The van der Waals surface area contributed by atoms with Crippen LogP contribution in [0.5, 0.6) is 0 Å². The minimum Gasteiger partial charge on any atom is -0.385 e. The molecule has 0 bridgehead atoms. The van der Waals surface area contributed by atoms with Gasteiger partial charge in [0, 0.05) is 105 Å². The lowest BCUT2D eigenvalue weighted by molar-refractivity contribution is 0.0945. The molecule has 0 atom stereocenters. The second-order valence-electron chi connectivity index (χ2n) is 18.5. The molecule has 2 saturated carbocycles. The van der Waals surface area contributed by atoms with Crippen LogP contribution in [0.15, 0.2) is 79.4 Å². The molecule has 2 fully saturated rings. The summed E-state index contributed by atoms with van der Waals surface area (Å²) in [5, 5.41) is 12.6. The van der Waals surface area contributed by atoms with Crippen LogP contribution in [-0.4, -0.2) is 108 Å². The lowest BCUT2D eigenvalue weighted by atomic mass is 9.95. The number of benzene rings is 3. The lowest BCUT2D eigenvalue weighted by Gasteiger charge is -2.27. The number of hydrogen-bond acceptors (Lipinski definition) is 8. The molecule has 12 heteroatoms. The summed E-state index contributed by atoms with van der Waals surface area (Å²) in [6, 6.07) is 20.1. The normalized spacial score (nSPS) is 13.6. The number of aromatic nitrogens is 4. The van der Waals surface area contributed by atoms with E-state index in [1.807, 2.05) is 91.2 Å². The summed E-state index contributed by atoms with van der Waals surface area (Å²) < 4.78 is 2.13. The number of aromatic amines is 1. The highest BCUT2D eigenvalue weighted by molar-refractivity contribution is 5.98. The van der Waals surface area contributed by atoms with Gasteiger partial charge >= 0.3 is 0 Å². The van der Waals surface area contributed by atoms with Gasteiger partial charge < -0.3 is 40.6 Å². The molecule has 380 valence electrons. The number of nitrogens with one attached hydrogen (secondary N) is 5. The predicted octanol–water partition coefficient (Wildman–Crippen LogP) is 11.2. The molecule has 2 aliphatic rings. The van der Waals surface area contributed by atoms with Gasteiger partial charge in [-0.05, 0) is 147 Å². The number of carbonyl (C=O) groups excluding carboxylic acids is 2. The standard InChI is InChI=1S/C23H28N4O.C16H22N4O.2C8H17N.C2H6/c1-4-24-21-15-17(2)14-20(18(21)3)23(28)26-11-10-22-25-12-13-27(22)16-19-8-6-5-7-9-19;1-4-17-14-10-11(2)9-13(12(14)3)16(21)20-6-5-15-18-7-8-19-15;2*1-9(2)8-6-4-3-5-7-8;1-2/h5-9,12-15,24H,4,10-11,16H2,1-3H3,(H,26,28);7-10,17H,4-6H2,1-3H3,(H,18,19)(H,20,21);2*8H,3-7H2,1-2H3;1-2H3. The lowest BCUT2D eigenvalue weighted by Crippen LogP contribution is -2.29. The van der Waals surface area contributed by atoms with Crippen LogP contribution in [-0.2, 0) is 19.4 Å². The minimum atomic E-state index is -0.0403. The van der Waals surface area contributed by atoms with E-state index in [9.17, 15) is 9.59 Å². The first-order valence-corrected chi connectivity index (χ1v) is 25.9. The van der Waals surface area contributed by atoms with E-state index >= 15 is 0 Å². The summed E-state index contributed by atoms with van der Waals surface area (Å²) in [6.07, 6.45) is 23.1. The molecule has 7 rings (SSSR count). The second kappa shape index (κ2) is 32.4. The van der Waals surface area contributed by atoms with Gasteiger partial charge in [-0.1, -0.05) is 82.7 Å². The zero-order valence-corrected chi connectivity index (χ0v) is 44.7. The highest BCUT2D eigenvalue weighted by Crippen LogP contribution is 2.24. The largest absolute Gasteiger partial charge is 0.385 e. The van der Waals surface area contributed by atoms with Crippen LogP contribution < -0.4 is 21.3 Å². The van der Waals surface area contributed by atoms with Gasteiger partial charge in [-0.2, -0.15) is 0 Å². The summed E-state index contributed by atoms with van der Waals surface area (Å²) in [5.41, 5.74) is 8.84. The number of aryl methyl sites for hydroxylation is 2. The molecule has 0 unspecified atom stereocenters. The number of nitrogens with zero attached hydrogens (tertiary/aromatic N) is 5. The molecule has 0 spiro atoms. The summed E-state index contributed by atoms with van der Waals surface area (Å²) in [5.74, 6) is 1.77. The minimum absolute atomic E-state index is 0.0399. The Morgan fingerprint density at radius 3 is 1.55 bits per heavy atom. The van der Waals surface area contributed by atoms with Crippen molar-refractivity contribution in [2.45, 2.75) is 151 Å². The quantitative estimate of drug-likeness (QED) is 0.0660. The van der Waals surface area contributed by atoms with E-state index < -0.39 is 0 Å². The maximum Gasteiger partial charge on any atom is 0.251 e. The first kappa shape index (κ1) is 57.9. The summed E-state index contributed by atoms with van der Waals surface area (Å²) in [4.78, 5) is 41.4. The first-order valence-electron chi connectivity index (χ1n) is 25.9. The summed E-state index contributed by atoms with van der Waals surface area (Å²) in [7, 11) is 8.76. The molecule has 2 aliphatic carbocycles. The monoisotopic (exact) mass is 947 g/mol. The van der Waals surface area contributed by atoms with Gasteiger partial charge in [-0.25, -0.2) is 9.97 Å². The molecule has 0 saturated heterocycles. The van der Waals surface area contributed by atoms with Gasteiger partial charge in [0.25, 0.3) is 11.8 Å². The van der Waals surface area contributed by atoms with Gasteiger partial charge in [0.1, 0.15) is 11.6 Å². The molecule has 69 heavy (non-hydrogen) atoms. The molecule has 5 aromatic rings. The number of imidazole rings is 2. The van der Waals surface area contributed by atoms with E-state index in [1.54, 1.807) is 12.4 Å². The van der Waals surface area contributed by atoms with Crippen molar-refractivity contribution in [3.8, 4) is 0 Å². The number of hydrogen-bond donors (Lipinski definition) is 5. The Bertz CT molecular complexity index is 2150. The molecule has 0 aliphatic heterocycles. The molecule has 2 heterocycles. The van der Waals surface area contributed by atoms with Crippen LogP contribution in [0.25, 0.3) is 0 Å². The van der Waals surface area contributed by atoms with E-state index in [1.165, 1.54) is 69.8 Å². The van der Waals surface area contributed by atoms with Crippen LogP contribution in [0, 0.1) is 27.7 Å². The number of amides is 2. The topological polar surface area (TPSA) is 135 Å². The molecular weight excluding hydrogens is 857 g/mol. The van der Waals surface area contributed by atoms with E-state index in [-0.39, 0.29) is 11.8 Å². The smallest absolute Gasteiger partial charge is 0.251 e. The zero-order valence-electron chi connectivity index (χ0n) is 44.7. The van der Waals surface area contributed by atoms with Crippen molar-refractivity contribution in [2.75, 3.05) is 65.0 Å². The highest BCUT2D eigenvalue weighted by Gasteiger charge is 2.17. The molecule has 12 nitrogen and oxygen atoms in total. The van der Waals surface area contributed by atoms with Crippen molar-refractivity contribution >= 4 is 23.2 Å². The Morgan fingerprint density at radius 2 is 1.13 bits per heavy atom. The average Bonchev–Trinajstić information content (AvgIpc) is 4.05. The van der Waals surface area contributed by atoms with E-state index in [4.69, 9.17) is 0 Å². The molecular formula is C57H90N10O2. The zero-order chi connectivity index (χ0) is 50.6. The molecule has 5 N–H and O–H groups in total. The van der Waals surface area contributed by atoms with Crippen molar-refractivity contribution < 1.29 is 9.59 Å². The van der Waals surface area contributed by atoms with Crippen molar-refractivity contribution in [3.63, 3.8) is 0 Å². The predicted molar refractivity (Wildman–Crippen MR) is 291 cm³/mol. The fourth-order valence-corrected chi connectivity index (χ4v) is 8.83. The summed E-state index contributed by atoms with van der Waals surface area (Å²) >= 11 is 0. The maximum absolute atomic E-state index is 12.7. The van der Waals surface area contributed by atoms with Crippen LogP contribution in [0.3, 0.4) is 0 Å². The van der Waals surface area contributed by atoms with Crippen molar-refractivity contribution in [1.29, 1.82) is 0 Å². The van der Waals surface area contributed by atoms with Gasteiger partial charge in [0.15, 0.2) is 0 Å². The van der Waals surface area contributed by atoms with Crippen molar-refractivity contribution in [2.24, 2.45) is 0 Å². The van der Waals surface area contributed by atoms with Crippen LogP contribution in [0.1, 0.15) is 152 Å². The maximum atomic E-state index is 12.7. The molecule has 3 aromatic carbocycles. The third-order valence-electron chi connectivity index (χ3n) is 12.8. The van der Waals surface area contributed by atoms with Crippen molar-refractivity contribution in [1.82, 2.24) is 40.0 Å². The number of H-pyrrole nitrogens is 1. The first-order chi connectivity index (χ1) is 33.3. The Balaban J connectivity index is 0.000000267. The molecule has 2 aromatic heterocycles. The fourth-order valence-electron chi connectivity index (χ4n) is 8.83. The molecule has 0 radical (unpaired) electrons. The third-order valence-corrected chi connectivity index (χ3v) is 12.8. The SMILES string of the molecule is CC.CCNc1cc(C)cc(C(=O)NCCc2ncc[nH]2)c1C.CCNc1cc(C)cc(C(=O)NCCc2nccn2Cc2ccccc2)c1C.CN(C)C1CCCCC1.CN(C)C1CCCCC1.